The van der Waals surface area contributed by atoms with E-state index in [-0.39, 0.29) is 11.8 Å². The minimum Gasteiger partial charge on any atom is -0.381 e. The van der Waals surface area contributed by atoms with Gasteiger partial charge in [-0.2, -0.15) is 22.0 Å². The highest BCUT2D eigenvalue weighted by Crippen LogP contribution is 2.36. The predicted octanol–water partition coefficient (Wildman–Crippen LogP) is 3.44. The summed E-state index contributed by atoms with van der Waals surface area (Å²) in [5, 5.41) is 1.59. The molecule has 1 aliphatic heterocycles. The number of nitrogens with one attached hydrogen (secondary N) is 1. The normalized spacial score (nSPS) is 17.0. The summed E-state index contributed by atoms with van der Waals surface area (Å²) < 4.78 is 67.4. The maximum atomic E-state index is 12.9. The number of hydrogen-bond acceptors (Lipinski definition) is 3. The Bertz CT molecular complexity index is 566. The lowest BCUT2D eigenvalue weighted by molar-refractivity contribution is -0.267. The minimum atomic E-state index is -5.93. The van der Waals surface area contributed by atoms with E-state index in [1.807, 2.05) is 4.90 Å². The van der Waals surface area contributed by atoms with E-state index in [1.165, 1.54) is 12.1 Å². The van der Waals surface area contributed by atoms with Crippen molar-refractivity contribution in [3.8, 4) is 0 Å². The standard InChI is InChI=1S/C15H17F5N2O2/c1-24-12-6-8-22(9-7-12)11-4-2-10(3-5-11)21-13(23)14(16,17)15(18,19)20/h2-5,12H,6-9H2,1H3,(H,21,23). The Morgan fingerprint density at radius 1 is 1.12 bits per heavy atom. The fourth-order valence-corrected chi connectivity index (χ4v) is 2.44. The van der Waals surface area contributed by atoms with Gasteiger partial charge in [0.05, 0.1) is 6.10 Å². The smallest absolute Gasteiger partial charge is 0.381 e. The Hall–Kier alpha value is -1.90. The van der Waals surface area contributed by atoms with Crippen molar-refractivity contribution in [2.24, 2.45) is 0 Å². The van der Waals surface area contributed by atoms with E-state index < -0.39 is 18.0 Å². The van der Waals surface area contributed by atoms with Crippen LogP contribution in [0.4, 0.5) is 33.3 Å². The number of amides is 1. The summed E-state index contributed by atoms with van der Waals surface area (Å²) in [7, 11) is 1.65. The molecule has 0 aromatic heterocycles. The van der Waals surface area contributed by atoms with Crippen LogP contribution in [0.5, 0.6) is 0 Å². The maximum absolute atomic E-state index is 12.9. The number of carbonyl (C=O) groups is 1. The van der Waals surface area contributed by atoms with Gasteiger partial charge < -0.3 is 15.0 Å². The summed E-state index contributed by atoms with van der Waals surface area (Å²) in [5.41, 5.74) is 0.671. The summed E-state index contributed by atoms with van der Waals surface area (Å²) in [6, 6.07) is 5.72. The van der Waals surface area contributed by atoms with Gasteiger partial charge in [0.2, 0.25) is 0 Å². The van der Waals surface area contributed by atoms with E-state index in [0.29, 0.717) is 0 Å². The van der Waals surface area contributed by atoms with Crippen molar-refractivity contribution in [1.82, 2.24) is 0 Å². The number of hydrogen-bond donors (Lipinski definition) is 1. The summed E-state index contributed by atoms with van der Waals surface area (Å²) in [6.07, 6.45) is -4.05. The average molecular weight is 352 g/mol. The van der Waals surface area contributed by atoms with Gasteiger partial charge in [-0.05, 0) is 37.1 Å². The lowest BCUT2D eigenvalue weighted by Crippen LogP contribution is -2.47. The minimum absolute atomic E-state index is 0.126. The number of carbonyl (C=O) groups excluding carboxylic acids is 1. The van der Waals surface area contributed by atoms with Crippen LogP contribution < -0.4 is 10.2 Å². The van der Waals surface area contributed by atoms with Crippen molar-refractivity contribution in [1.29, 1.82) is 0 Å². The molecule has 4 nitrogen and oxygen atoms in total. The second-order valence-electron chi connectivity index (χ2n) is 5.50. The molecule has 24 heavy (non-hydrogen) atoms. The molecule has 0 bridgehead atoms. The van der Waals surface area contributed by atoms with Gasteiger partial charge in [-0.3, -0.25) is 4.79 Å². The Kier molecular flexibility index (Phi) is 5.32. The monoisotopic (exact) mass is 352 g/mol. The largest absolute Gasteiger partial charge is 0.463 e. The average Bonchev–Trinajstić information content (AvgIpc) is 2.54. The summed E-state index contributed by atoms with van der Waals surface area (Å²) in [5.74, 6) is -7.84. The molecule has 134 valence electrons. The quantitative estimate of drug-likeness (QED) is 0.844. The first-order valence-corrected chi connectivity index (χ1v) is 7.29. The van der Waals surface area contributed by atoms with E-state index in [2.05, 4.69) is 0 Å². The fourth-order valence-electron chi connectivity index (χ4n) is 2.44. The van der Waals surface area contributed by atoms with E-state index in [9.17, 15) is 26.7 Å². The summed E-state index contributed by atoms with van der Waals surface area (Å²) in [4.78, 5) is 13.2. The molecule has 2 rings (SSSR count). The molecule has 1 fully saturated rings. The highest BCUT2D eigenvalue weighted by atomic mass is 19.4. The van der Waals surface area contributed by atoms with Crippen LogP contribution in [0.1, 0.15) is 12.8 Å². The molecule has 1 aliphatic rings. The molecule has 0 unspecified atom stereocenters. The molecule has 1 aromatic rings. The molecule has 0 aliphatic carbocycles. The molecule has 1 amide bonds. The zero-order chi connectivity index (χ0) is 18.0. The number of ether oxygens (including phenoxy) is 1. The van der Waals surface area contributed by atoms with E-state index in [1.54, 1.807) is 24.6 Å². The lowest BCUT2D eigenvalue weighted by Gasteiger charge is -2.33. The number of alkyl halides is 5. The summed E-state index contributed by atoms with van der Waals surface area (Å²) in [6.45, 7) is 1.49. The van der Waals surface area contributed by atoms with Gasteiger partial charge in [-0.15, -0.1) is 0 Å². The maximum Gasteiger partial charge on any atom is 0.463 e. The number of nitrogens with zero attached hydrogens (tertiary/aromatic N) is 1. The number of halogens is 5. The number of rotatable bonds is 4. The van der Waals surface area contributed by atoms with Crippen LogP contribution in [0.25, 0.3) is 0 Å². The van der Waals surface area contributed by atoms with Crippen molar-refractivity contribution < 1.29 is 31.5 Å². The number of methoxy groups -OCH3 is 1. The zero-order valence-electron chi connectivity index (χ0n) is 12.9. The van der Waals surface area contributed by atoms with Gasteiger partial charge in [-0.25, -0.2) is 0 Å². The van der Waals surface area contributed by atoms with Crippen LogP contribution in [-0.2, 0) is 9.53 Å². The van der Waals surface area contributed by atoms with Crippen LogP contribution in [0.3, 0.4) is 0 Å². The third-order valence-electron chi connectivity index (χ3n) is 3.91. The number of piperidine rings is 1. The highest BCUT2D eigenvalue weighted by Gasteiger charge is 2.63. The van der Waals surface area contributed by atoms with E-state index >= 15 is 0 Å². The Morgan fingerprint density at radius 2 is 1.67 bits per heavy atom. The fraction of sp³-hybridized carbons (Fsp3) is 0.533. The molecular formula is C15H17F5N2O2. The second kappa shape index (κ2) is 6.92. The third-order valence-corrected chi connectivity index (χ3v) is 3.91. The van der Waals surface area contributed by atoms with E-state index in [4.69, 9.17) is 4.74 Å². The third kappa shape index (κ3) is 3.95. The molecule has 0 saturated carbocycles. The first kappa shape index (κ1) is 18.4. The van der Waals surface area contributed by atoms with Crippen molar-refractivity contribution in [2.45, 2.75) is 31.0 Å². The first-order valence-electron chi connectivity index (χ1n) is 7.29. The highest BCUT2D eigenvalue weighted by molar-refractivity contribution is 5.96. The molecule has 0 spiro atoms. The van der Waals surface area contributed by atoms with Gasteiger partial charge in [0.15, 0.2) is 0 Å². The molecule has 0 radical (unpaired) electrons. The SMILES string of the molecule is COC1CCN(c2ccc(NC(=O)C(F)(F)C(F)(F)F)cc2)CC1. The molecule has 9 heteroatoms. The van der Waals surface area contributed by atoms with Gasteiger partial charge in [0.1, 0.15) is 0 Å². The second-order valence-corrected chi connectivity index (χ2v) is 5.50. The van der Waals surface area contributed by atoms with Crippen LogP contribution in [0, 0.1) is 0 Å². The molecule has 1 heterocycles. The molecule has 1 aromatic carbocycles. The molecule has 1 N–H and O–H groups in total. The zero-order valence-corrected chi connectivity index (χ0v) is 12.9. The Balaban J connectivity index is 1.99. The Morgan fingerprint density at radius 3 is 2.12 bits per heavy atom. The summed E-state index contributed by atoms with van der Waals surface area (Å²) >= 11 is 0. The van der Waals surface area contributed by atoms with Crippen molar-refractivity contribution in [3.05, 3.63) is 24.3 Å². The van der Waals surface area contributed by atoms with Crippen LogP contribution >= 0.6 is 0 Å². The lowest BCUT2D eigenvalue weighted by atomic mass is 10.1. The van der Waals surface area contributed by atoms with Crippen molar-refractivity contribution >= 4 is 17.3 Å². The van der Waals surface area contributed by atoms with Crippen LogP contribution in [-0.4, -0.2) is 44.3 Å². The van der Waals surface area contributed by atoms with Gasteiger partial charge in [-0.1, -0.05) is 0 Å². The Labute approximate surface area is 135 Å². The van der Waals surface area contributed by atoms with Crippen molar-refractivity contribution in [3.63, 3.8) is 0 Å². The molecule has 1 saturated heterocycles. The van der Waals surface area contributed by atoms with Crippen molar-refractivity contribution in [2.75, 3.05) is 30.4 Å². The van der Waals surface area contributed by atoms with Gasteiger partial charge >= 0.3 is 18.0 Å². The first-order chi connectivity index (χ1) is 11.1. The van der Waals surface area contributed by atoms with Crippen LogP contribution in [0.15, 0.2) is 24.3 Å². The topological polar surface area (TPSA) is 41.6 Å². The number of benzene rings is 1. The van der Waals surface area contributed by atoms with E-state index in [0.717, 1.165) is 31.6 Å². The van der Waals surface area contributed by atoms with Gasteiger partial charge in [0.25, 0.3) is 0 Å². The number of anilines is 2. The predicted molar refractivity (Wildman–Crippen MR) is 78.3 cm³/mol. The van der Waals surface area contributed by atoms with Gasteiger partial charge in [0, 0.05) is 31.6 Å². The molecular weight excluding hydrogens is 335 g/mol. The molecule has 0 atom stereocenters. The van der Waals surface area contributed by atoms with Crippen LogP contribution in [0.2, 0.25) is 0 Å².